The van der Waals surface area contributed by atoms with Gasteiger partial charge in [0.15, 0.2) is 0 Å². The predicted molar refractivity (Wildman–Crippen MR) is 37.0 cm³/mol. The molecule has 0 heterocycles. The van der Waals surface area contributed by atoms with E-state index in [-0.39, 0.29) is 0 Å². The number of hydrogen-bond donors (Lipinski definition) is 1. The molecule has 0 aliphatic carbocycles. The van der Waals surface area contributed by atoms with Gasteiger partial charge in [-0.3, -0.25) is 4.99 Å². The number of hydrogen-bond acceptors (Lipinski definition) is 2. The van der Waals surface area contributed by atoms with E-state index in [1.807, 2.05) is 13.8 Å². The van der Waals surface area contributed by atoms with Crippen LogP contribution in [0.5, 0.6) is 0 Å². The molecule has 2 nitrogen and oxygen atoms in total. The van der Waals surface area contributed by atoms with Crippen molar-refractivity contribution >= 4 is 6.21 Å². The zero-order valence-corrected chi connectivity index (χ0v) is 5.39. The molecule has 0 aliphatic rings. The van der Waals surface area contributed by atoms with Gasteiger partial charge >= 0.3 is 0 Å². The number of nitrogens with zero attached hydrogens (tertiary/aromatic N) is 1. The van der Waals surface area contributed by atoms with Crippen LogP contribution in [0.2, 0.25) is 0 Å². The van der Waals surface area contributed by atoms with Gasteiger partial charge in [-0.25, -0.2) is 0 Å². The normalized spacial score (nSPS) is 13.0. The van der Waals surface area contributed by atoms with Crippen LogP contribution in [0, 0.1) is 0 Å². The molecule has 0 fully saturated rings. The molecule has 0 saturated carbocycles. The lowest BCUT2D eigenvalue weighted by molar-refractivity contribution is 1.14. The third-order valence-corrected chi connectivity index (χ3v) is 0.740. The lowest BCUT2D eigenvalue weighted by Crippen LogP contribution is -1.85. The second-order valence-corrected chi connectivity index (χ2v) is 1.54. The highest BCUT2D eigenvalue weighted by Crippen LogP contribution is 1.80. The molecule has 0 aliphatic heterocycles. The lowest BCUT2D eigenvalue weighted by atomic mass is 10.4. The number of rotatable bonds is 2. The number of allylic oxidation sites excluding steroid dienone is 1. The van der Waals surface area contributed by atoms with E-state index < -0.39 is 0 Å². The summed E-state index contributed by atoms with van der Waals surface area (Å²) < 4.78 is 0. The molecule has 46 valence electrons. The Hall–Kier alpha value is -0.790. The van der Waals surface area contributed by atoms with Crippen molar-refractivity contribution < 1.29 is 0 Å². The van der Waals surface area contributed by atoms with Crippen LogP contribution in [-0.4, -0.2) is 12.8 Å². The van der Waals surface area contributed by atoms with Crippen LogP contribution < -0.4 is 5.73 Å². The first-order chi connectivity index (χ1) is 3.81. The average molecular weight is 112 g/mol. The van der Waals surface area contributed by atoms with E-state index in [1.165, 1.54) is 0 Å². The minimum absolute atomic E-state index is 0.825. The fourth-order valence-electron chi connectivity index (χ4n) is 0.278. The maximum atomic E-state index is 5.16. The SMILES string of the molecule is CC/N=C\C(C)=C/N. The molecular weight excluding hydrogens is 100 g/mol. The Morgan fingerprint density at radius 1 is 1.75 bits per heavy atom. The van der Waals surface area contributed by atoms with E-state index in [1.54, 1.807) is 12.4 Å². The van der Waals surface area contributed by atoms with E-state index >= 15 is 0 Å². The minimum Gasteiger partial charge on any atom is -0.404 e. The first-order valence-corrected chi connectivity index (χ1v) is 2.69. The molecule has 0 rings (SSSR count). The summed E-state index contributed by atoms with van der Waals surface area (Å²) in [5.41, 5.74) is 6.17. The van der Waals surface area contributed by atoms with E-state index in [0.717, 1.165) is 12.1 Å². The maximum Gasteiger partial charge on any atom is 0.0361 e. The van der Waals surface area contributed by atoms with E-state index in [0.29, 0.717) is 0 Å². The molecule has 2 heteroatoms. The minimum atomic E-state index is 0.825. The maximum absolute atomic E-state index is 5.16. The molecule has 0 aromatic heterocycles. The van der Waals surface area contributed by atoms with Crippen LogP contribution in [0.1, 0.15) is 13.8 Å². The molecule has 0 atom stereocenters. The number of nitrogens with two attached hydrogens (primary N) is 1. The van der Waals surface area contributed by atoms with Gasteiger partial charge in [-0.1, -0.05) is 0 Å². The summed E-state index contributed by atoms with van der Waals surface area (Å²) >= 11 is 0. The van der Waals surface area contributed by atoms with E-state index in [2.05, 4.69) is 4.99 Å². The Bertz CT molecular complexity index is 103. The molecular formula is C6H12N2. The molecule has 0 spiro atoms. The largest absolute Gasteiger partial charge is 0.404 e. The predicted octanol–water partition coefficient (Wildman–Crippen LogP) is 0.940. The summed E-state index contributed by atoms with van der Waals surface area (Å²) in [5.74, 6) is 0. The van der Waals surface area contributed by atoms with Gasteiger partial charge in [-0.2, -0.15) is 0 Å². The third-order valence-electron chi connectivity index (χ3n) is 0.740. The Morgan fingerprint density at radius 2 is 2.38 bits per heavy atom. The third kappa shape index (κ3) is 3.40. The molecule has 8 heavy (non-hydrogen) atoms. The Morgan fingerprint density at radius 3 is 2.75 bits per heavy atom. The zero-order chi connectivity index (χ0) is 6.41. The molecule has 0 unspecified atom stereocenters. The highest BCUT2D eigenvalue weighted by Gasteiger charge is 1.74. The van der Waals surface area contributed by atoms with Crippen LogP contribution in [0.15, 0.2) is 16.8 Å². The molecule has 0 aromatic rings. The van der Waals surface area contributed by atoms with Crippen molar-refractivity contribution in [2.45, 2.75) is 13.8 Å². The summed E-state index contributed by atoms with van der Waals surface area (Å²) in [6.07, 6.45) is 3.30. The van der Waals surface area contributed by atoms with Crippen LogP contribution >= 0.6 is 0 Å². The summed E-state index contributed by atoms with van der Waals surface area (Å²) in [4.78, 5) is 3.97. The Balaban J connectivity index is 3.53. The van der Waals surface area contributed by atoms with Gasteiger partial charge < -0.3 is 5.73 Å². The zero-order valence-electron chi connectivity index (χ0n) is 5.39. The molecule has 0 bridgehead atoms. The van der Waals surface area contributed by atoms with Crippen molar-refractivity contribution in [2.24, 2.45) is 10.7 Å². The first kappa shape index (κ1) is 7.21. The van der Waals surface area contributed by atoms with Gasteiger partial charge in [-0.15, -0.1) is 0 Å². The Labute approximate surface area is 50.1 Å². The standard InChI is InChI=1S/C6H12N2/c1-3-8-5-6(2)4-7/h4-5H,3,7H2,1-2H3/b6-4-,8-5-. The summed E-state index contributed by atoms with van der Waals surface area (Å²) in [6, 6.07) is 0. The molecule has 0 amide bonds. The second kappa shape index (κ2) is 4.37. The van der Waals surface area contributed by atoms with Gasteiger partial charge in [0, 0.05) is 12.8 Å². The average Bonchev–Trinajstić information content (AvgIpc) is 1.83. The Kier molecular flexibility index (Phi) is 3.94. The van der Waals surface area contributed by atoms with Crippen LogP contribution in [0.25, 0.3) is 0 Å². The summed E-state index contributed by atoms with van der Waals surface area (Å²) in [7, 11) is 0. The fraction of sp³-hybridized carbons (Fsp3) is 0.500. The summed E-state index contributed by atoms with van der Waals surface area (Å²) in [5, 5.41) is 0. The van der Waals surface area contributed by atoms with Crippen LogP contribution in [0.4, 0.5) is 0 Å². The van der Waals surface area contributed by atoms with Crippen molar-refractivity contribution in [2.75, 3.05) is 6.54 Å². The first-order valence-electron chi connectivity index (χ1n) is 2.69. The smallest absolute Gasteiger partial charge is 0.0361 e. The fourth-order valence-corrected chi connectivity index (χ4v) is 0.278. The lowest BCUT2D eigenvalue weighted by Gasteiger charge is -1.83. The van der Waals surface area contributed by atoms with Gasteiger partial charge in [-0.05, 0) is 25.6 Å². The van der Waals surface area contributed by atoms with Crippen molar-refractivity contribution in [3.8, 4) is 0 Å². The monoisotopic (exact) mass is 112 g/mol. The van der Waals surface area contributed by atoms with Gasteiger partial charge in [0.05, 0.1) is 0 Å². The van der Waals surface area contributed by atoms with Crippen LogP contribution in [-0.2, 0) is 0 Å². The second-order valence-electron chi connectivity index (χ2n) is 1.54. The van der Waals surface area contributed by atoms with Crippen molar-refractivity contribution in [1.82, 2.24) is 0 Å². The highest BCUT2D eigenvalue weighted by molar-refractivity contribution is 5.77. The van der Waals surface area contributed by atoms with Gasteiger partial charge in [0.2, 0.25) is 0 Å². The molecule has 0 radical (unpaired) electrons. The highest BCUT2D eigenvalue weighted by atomic mass is 14.7. The van der Waals surface area contributed by atoms with Crippen molar-refractivity contribution in [3.05, 3.63) is 11.8 Å². The van der Waals surface area contributed by atoms with Crippen LogP contribution in [0.3, 0.4) is 0 Å². The molecule has 0 aromatic carbocycles. The topological polar surface area (TPSA) is 38.4 Å². The number of aliphatic imine (C=N–C) groups is 1. The van der Waals surface area contributed by atoms with Gasteiger partial charge in [0.25, 0.3) is 0 Å². The molecule has 0 saturated heterocycles. The molecule has 2 N–H and O–H groups in total. The van der Waals surface area contributed by atoms with E-state index in [4.69, 9.17) is 5.73 Å². The van der Waals surface area contributed by atoms with Crippen molar-refractivity contribution in [1.29, 1.82) is 0 Å². The summed E-state index contributed by atoms with van der Waals surface area (Å²) in [6.45, 7) is 4.73. The van der Waals surface area contributed by atoms with E-state index in [9.17, 15) is 0 Å². The van der Waals surface area contributed by atoms with Crippen molar-refractivity contribution in [3.63, 3.8) is 0 Å². The van der Waals surface area contributed by atoms with Gasteiger partial charge in [0.1, 0.15) is 0 Å². The quantitative estimate of drug-likeness (QED) is 0.530.